The van der Waals surface area contributed by atoms with Crippen LogP contribution in [0.1, 0.15) is 31.8 Å². The Balaban J connectivity index is 1.38. The van der Waals surface area contributed by atoms with Crippen LogP contribution in [-0.4, -0.2) is 35.7 Å². The van der Waals surface area contributed by atoms with Gasteiger partial charge in [-0.2, -0.15) is 0 Å². The fraction of sp³-hybridized carbons (Fsp3) is 0.0909. The number of hydrogen-bond donors (Lipinski definition) is 1. The first-order chi connectivity index (χ1) is 20.4. The van der Waals surface area contributed by atoms with Crippen molar-refractivity contribution in [2.45, 2.75) is 13.1 Å². The van der Waals surface area contributed by atoms with E-state index in [-0.39, 0.29) is 27.9 Å². The van der Waals surface area contributed by atoms with E-state index in [9.17, 15) is 19.2 Å². The largest absolute Gasteiger partial charge is 0.465 e. The Kier molecular flexibility index (Phi) is 8.45. The van der Waals surface area contributed by atoms with Crippen molar-refractivity contribution in [3.63, 3.8) is 0 Å². The summed E-state index contributed by atoms with van der Waals surface area (Å²) < 4.78 is 4.74. The van der Waals surface area contributed by atoms with Crippen LogP contribution in [0.2, 0.25) is 0 Å². The number of methoxy groups -OCH3 is 1. The molecule has 0 radical (unpaired) electrons. The van der Waals surface area contributed by atoms with E-state index in [1.807, 2.05) is 60.7 Å². The fourth-order valence-electron chi connectivity index (χ4n) is 4.60. The summed E-state index contributed by atoms with van der Waals surface area (Å²) in [5, 5.41) is 2.62. The van der Waals surface area contributed by atoms with Gasteiger partial charge in [0.1, 0.15) is 10.7 Å². The summed E-state index contributed by atoms with van der Waals surface area (Å²) in [6, 6.07) is 32.0. The first-order valence-corrected chi connectivity index (χ1v) is 13.4. The van der Waals surface area contributed by atoms with Gasteiger partial charge < -0.3 is 15.0 Å². The molecule has 1 aliphatic rings. The second-order valence-corrected chi connectivity index (χ2v) is 9.89. The highest BCUT2D eigenvalue weighted by molar-refractivity contribution is 6.53. The Morgan fingerprint density at radius 3 is 1.98 bits per heavy atom. The molecule has 210 valence electrons. The third-order valence-corrected chi connectivity index (χ3v) is 7.00. The minimum absolute atomic E-state index is 0.139. The van der Waals surface area contributed by atoms with Crippen LogP contribution >= 0.6 is 11.6 Å². The maximum Gasteiger partial charge on any atom is 0.337 e. The molecule has 0 bridgehead atoms. The van der Waals surface area contributed by atoms with Crippen molar-refractivity contribution in [3.8, 4) is 0 Å². The maximum absolute atomic E-state index is 13.8. The molecule has 0 atom stereocenters. The number of carbonyl (C=O) groups excluding carboxylic acids is 4. The average Bonchev–Trinajstić information content (AvgIpc) is 3.23. The zero-order chi connectivity index (χ0) is 29.6. The number of halogens is 1. The second-order valence-electron chi connectivity index (χ2n) is 9.51. The van der Waals surface area contributed by atoms with Crippen LogP contribution in [0.15, 0.2) is 120 Å². The second kappa shape index (κ2) is 12.5. The molecular formula is C33H26ClN3O5. The van der Waals surface area contributed by atoms with Gasteiger partial charge in [0.25, 0.3) is 17.7 Å². The van der Waals surface area contributed by atoms with Gasteiger partial charge in [-0.1, -0.05) is 84.4 Å². The summed E-state index contributed by atoms with van der Waals surface area (Å²) in [4.78, 5) is 54.7. The Morgan fingerprint density at radius 2 is 1.36 bits per heavy atom. The number of nitrogens with one attached hydrogen (secondary N) is 1. The number of hydrogen-bond acceptors (Lipinski definition) is 6. The molecule has 0 unspecified atom stereocenters. The van der Waals surface area contributed by atoms with E-state index in [2.05, 4.69) is 5.32 Å². The van der Waals surface area contributed by atoms with Crippen LogP contribution in [0, 0.1) is 0 Å². The Labute approximate surface area is 247 Å². The molecule has 1 aliphatic heterocycles. The van der Waals surface area contributed by atoms with E-state index in [1.54, 1.807) is 29.2 Å². The molecule has 0 saturated heterocycles. The number of imide groups is 1. The van der Waals surface area contributed by atoms with Crippen molar-refractivity contribution in [1.29, 1.82) is 0 Å². The highest BCUT2D eigenvalue weighted by Gasteiger charge is 2.39. The van der Waals surface area contributed by atoms with Crippen molar-refractivity contribution in [2.75, 3.05) is 17.3 Å². The maximum atomic E-state index is 13.8. The van der Waals surface area contributed by atoms with Crippen molar-refractivity contribution < 1.29 is 23.9 Å². The molecule has 0 fully saturated rings. The van der Waals surface area contributed by atoms with Crippen molar-refractivity contribution in [1.82, 2.24) is 4.90 Å². The number of esters is 1. The third kappa shape index (κ3) is 6.09. The van der Waals surface area contributed by atoms with E-state index in [0.717, 1.165) is 16.0 Å². The predicted octanol–water partition coefficient (Wildman–Crippen LogP) is 5.75. The molecule has 4 aromatic rings. The summed E-state index contributed by atoms with van der Waals surface area (Å²) in [6.45, 7) is 0.797. The smallest absolute Gasteiger partial charge is 0.337 e. The highest BCUT2D eigenvalue weighted by atomic mass is 35.5. The minimum atomic E-state index is -0.740. The number of anilines is 2. The monoisotopic (exact) mass is 579 g/mol. The van der Waals surface area contributed by atoms with Gasteiger partial charge in [0.15, 0.2) is 0 Å². The lowest BCUT2D eigenvalue weighted by Gasteiger charge is -2.23. The fourth-order valence-corrected chi connectivity index (χ4v) is 4.81. The van der Waals surface area contributed by atoms with Crippen LogP contribution in [0.3, 0.4) is 0 Å². The number of benzene rings is 4. The Bertz CT molecular complexity index is 1650. The average molecular weight is 580 g/mol. The van der Waals surface area contributed by atoms with Gasteiger partial charge >= 0.3 is 5.97 Å². The van der Waals surface area contributed by atoms with Gasteiger partial charge in [0, 0.05) is 24.3 Å². The van der Waals surface area contributed by atoms with Crippen molar-refractivity contribution in [3.05, 3.63) is 142 Å². The zero-order valence-corrected chi connectivity index (χ0v) is 23.4. The van der Waals surface area contributed by atoms with Crippen molar-refractivity contribution in [2.24, 2.45) is 0 Å². The Hall–Kier alpha value is -5.21. The van der Waals surface area contributed by atoms with Crippen LogP contribution in [-0.2, 0) is 27.4 Å². The molecule has 42 heavy (non-hydrogen) atoms. The molecule has 4 aromatic carbocycles. The quantitative estimate of drug-likeness (QED) is 0.200. The van der Waals surface area contributed by atoms with E-state index in [0.29, 0.717) is 24.3 Å². The number of ether oxygens (including phenoxy) is 1. The summed E-state index contributed by atoms with van der Waals surface area (Å²) in [5.74, 6) is -2.25. The number of carbonyl (C=O) groups is 4. The summed E-state index contributed by atoms with van der Waals surface area (Å²) in [7, 11) is 1.24. The molecule has 0 spiro atoms. The summed E-state index contributed by atoms with van der Waals surface area (Å²) in [6.07, 6.45) is 0. The topological polar surface area (TPSA) is 96.0 Å². The van der Waals surface area contributed by atoms with Crippen LogP contribution in [0.4, 0.5) is 11.4 Å². The highest BCUT2D eigenvalue weighted by Crippen LogP contribution is 2.31. The predicted molar refractivity (Wildman–Crippen MR) is 160 cm³/mol. The molecule has 9 heteroatoms. The molecule has 1 heterocycles. The van der Waals surface area contributed by atoms with Gasteiger partial charge in [-0.15, -0.1) is 0 Å². The lowest BCUT2D eigenvalue weighted by atomic mass is 10.1. The summed E-state index contributed by atoms with van der Waals surface area (Å²) in [5.41, 5.74) is 2.97. The molecule has 0 saturated carbocycles. The van der Waals surface area contributed by atoms with E-state index >= 15 is 0 Å². The number of rotatable bonds is 9. The lowest BCUT2D eigenvalue weighted by molar-refractivity contribution is -0.120. The molecular weight excluding hydrogens is 554 g/mol. The van der Waals surface area contributed by atoms with Gasteiger partial charge in [-0.25, -0.2) is 9.69 Å². The van der Waals surface area contributed by atoms with Crippen LogP contribution < -0.4 is 10.2 Å². The molecule has 5 rings (SSSR count). The van der Waals surface area contributed by atoms with Crippen LogP contribution in [0.5, 0.6) is 0 Å². The van der Waals surface area contributed by atoms with Crippen molar-refractivity contribution >= 4 is 46.7 Å². The molecule has 0 aromatic heterocycles. The summed E-state index contributed by atoms with van der Waals surface area (Å²) >= 11 is 6.32. The minimum Gasteiger partial charge on any atom is -0.465 e. The molecule has 1 N–H and O–H groups in total. The Morgan fingerprint density at radius 1 is 0.762 bits per heavy atom. The first kappa shape index (κ1) is 28.3. The molecule has 3 amide bonds. The SMILES string of the molecule is COC(=O)c1cccc(N2C(=O)C(Cl)=C(Nc3cccc(C(=O)N(Cc4ccccc4)Cc4ccccc4)c3)C2=O)c1. The van der Waals surface area contributed by atoms with Gasteiger partial charge in [-0.3, -0.25) is 14.4 Å². The van der Waals surface area contributed by atoms with E-state index in [4.69, 9.17) is 16.3 Å². The number of nitrogens with zero attached hydrogens (tertiary/aromatic N) is 2. The first-order valence-electron chi connectivity index (χ1n) is 13.1. The third-order valence-electron chi connectivity index (χ3n) is 6.65. The molecule has 8 nitrogen and oxygen atoms in total. The van der Waals surface area contributed by atoms with Gasteiger partial charge in [0.2, 0.25) is 0 Å². The normalized spacial score (nSPS) is 12.9. The van der Waals surface area contributed by atoms with Gasteiger partial charge in [0.05, 0.1) is 18.4 Å². The lowest BCUT2D eigenvalue weighted by Crippen LogP contribution is -2.32. The molecule has 0 aliphatic carbocycles. The van der Waals surface area contributed by atoms with E-state index in [1.165, 1.54) is 31.4 Å². The van der Waals surface area contributed by atoms with Gasteiger partial charge in [-0.05, 0) is 47.5 Å². The number of amides is 3. The van der Waals surface area contributed by atoms with Crippen LogP contribution in [0.25, 0.3) is 0 Å². The standard InChI is InChI=1S/C33H26ClN3O5/c1-42-33(41)25-15-9-17-27(19-25)37-31(39)28(34)29(32(37)40)35-26-16-8-14-24(18-26)30(38)36(20-22-10-4-2-5-11-22)21-23-12-6-3-7-13-23/h2-19,35H,20-21H2,1H3. The van der Waals surface area contributed by atoms with E-state index < -0.39 is 17.8 Å². The zero-order valence-electron chi connectivity index (χ0n) is 22.6.